The maximum absolute atomic E-state index is 5.20. The van der Waals surface area contributed by atoms with Crippen molar-refractivity contribution in [2.45, 2.75) is 19.8 Å². The van der Waals surface area contributed by atoms with Crippen molar-refractivity contribution in [3.8, 4) is 5.75 Å². The summed E-state index contributed by atoms with van der Waals surface area (Å²) in [6, 6.07) is 8.29. The zero-order valence-corrected chi connectivity index (χ0v) is 11.7. The van der Waals surface area contributed by atoms with Crippen LogP contribution in [-0.4, -0.2) is 31.7 Å². The van der Waals surface area contributed by atoms with E-state index in [1.54, 1.807) is 7.11 Å². The Morgan fingerprint density at radius 2 is 2.18 bits per heavy atom. The molecule has 0 unspecified atom stereocenters. The maximum Gasteiger partial charge on any atom is 0.119 e. The minimum Gasteiger partial charge on any atom is -0.497 e. The lowest BCUT2D eigenvalue weighted by Crippen LogP contribution is -2.19. The highest BCUT2D eigenvalue weighted by Gasteiger charge is 1.95. The average Bonchev–Trinajstić information content (AvgIpc) is 2.38. The van der Waals surface area contributed by atoms with Crippen molar-refractivity contribution in [2.24, 2.45) is 0 Å². The fraction of sp³-hybridized carbons (Fsp3) is 0.571. The molecule has 0 heterocycles. The molecule has 96 valence electrons. The quantitative estimate of drug-likeness (QED) is 0.684. The lowest BCUT2D eigenvalue weighted by Gasteiger charge is -2.06. The molecular weight excluding hydrogens is 230 g/mol. The van der Waals surface area contributed by atoms with Gasteiger partial charge in [-0.05, 0) is 55.1 Å². The summed E-state index contributed by atoms with van der Waals surface area (Å²) in [7, 11) is 1.71. The normalized spacial score (nSPS) is 10.5. The van der Waals surface area contributed by atoms with E-state index in [0.717, 1.165) is 25.3 Å². The zero-order chi connectivity index (χ0) is 12.3. The molecule has 0 aromatic heterocycles. The zero-order valence-electron chi connectivity index (χ0n) is 10.9. The second-order valence-corrected chi connectivity index (χ2v) is 5.30. The van der Waals surface area contributed by atoms with Crippen molar-refractivity contribution in [1.29, 1.82) is 0 Å². The van der Waals surface area contributed by atoms with Gasteiger partial charge in [0.1, 0.15) is 5.75 Å². The van der Waals surface area contributed by atoms with Gasteiger partial charge in [-0.1, -0.05) is 19.1 Å². The van der Waals surface area contributed by atoms with Crippen molar-refractivity contribution < 1.29 is 4.74 Å². The Bertz CT molecular complexity index is 304. The number of rotatable bonds is 9. The van der Waals surface area contributed by atoms with E-state index < -0.39 is 0 Å². The van der Waals surface area contributed by atoms with Gasteiger partial charge in [0.25, 0.3) is 0 Å². The average molecular weight is 253 g/mol. The summed E-state index contributed by atoms with van der Waals surface area (Å²) in [4.78, 5) is 0. The van der Waals surface area contributed by atoms with Gasteiger partial charge in [-0.3, -0.25) is 0 Å². The van der Waals surface area contributed by atoms with Crippen molar-refractivity contribution >= 4 is 11.8 Å². The Kier molecular flexibility index (Phi) is 7.93. The molecule has 2 nitrogen and oxygen atoms in total. The summed E-state index contributed by atoms with van der Waals surface area (Å²) in [6.45, 7) is 4.38. The lowest BCUT2D eigenvalue weighted by atomic mass is 10.1. The first kappa shape index (κ1) is 14.4. The monoisotopic (exact) mass is 253 g/mol. The van der Waals surface area contributed by atoms with Gasteiger partial charge in [0.2, 0.25) is 0 Å². The van der Waals surface area contributed by atoms with Gasteiger partial charge < -0.3 is 10.1 Å². The highest BCUT2D eigenvalue weighted by Crippen LogP contribution is 2.12. The summed E-state index contributed by atoms with van der Waals surface area (Å²) in [6.07, 6.45) is 2.33. The number of nitrogens with one attached hydrogen (secondary N) is 1. The Balaban J connectivity index is 2.09. The maximum atomic E-state index is 5.20. The van der Waals surface area contributed by atoms with Gasteiger partial charge in [0.15, 0.2) is 0 Å². The minimum absolute atomic E-state index is 0.946. The Morgan fingerprint density at radius 1 is 1.29 bits per heavy atom. The van der Waals surface area contributed by atoms with Crippen LogP contribution >= 0.6 is 11.8 Å². The van der Waals surface area contributed by atoms with Gasteiger partial charge in [-0.2, -0.15) is 11.8 Å². The van der Waals surface area contributed by atoms with Gasteiger partial charge in [0.05, 0.1) is 7.11 Å². The van der Waals surface area contributed by atoms with E-state index >= 15 is 0 Å². The fourth-order valence-corrected chi connectivity index (χ4v) is 2.27. The third-order valence-corrected chi connectivity index (χ3v) is 3.56. The minimum atomic E-state index is 0.946. The van der Waals surface area contributed by atoms with Crippen molar-refractivity contribution in [1.82, 2.24) is 5.32 Å². The van der Waals surface area contributed by atoms with E-state index in [1.807, 2.05) is 23.9 Å². The molecule has 1 aromatic rings. The first-order chi connectivity index (χ1) is 8.36. The van der Waals surface area contributed by atoms with Crippen LogP contribution < -0.4 is 10.1 Å². The Hall–Kier alpha value is -0.670. The molecule has 0 spiro atoms. The molecule has 0 fully saturated rings. The van der Waals surface area contributed by atoms with Gasteiger partial charge >= 0.3 is 0 Å². The van der Waals surface area contributed by atoms with Crippen LogP contribution in [0.1, 0.15) is 18.9 Å². The van der Waals surface area contributed by atoms with Crippen LogP contribution in [0.15, 0.2) is 24.3 Å². The van der Waals surface area contributed by atoms with E-state index in [2.05, 4.69) is 24.4 Å². The first-order valence-corrected chi connectivity index (χ1v) is 7.43. The molecule has 0 saturated carbocycles. The molecule has 1 rings (SSSR count). The van der Waals surface area contributed by atoms with Crippen LogP contribution in [0.4, 0.5) is 0 Å². The van der Waals surface area contributed by atoms with E-state index in [4.69, 9.17) is 4.74 Å². The molecule has 0 aliphatic rings. The molecule has 3 heteroatoms. The molecule has 17 heavy (non-hydrogen) atoms. The number of hydrogen-bond acceptors (Lipinski definition) is 3. The SMILES string of the molecule is CCSCCCNCCc1cccc(OC)c1. The Morgan fingerprint density at radius 3 is 2.94 bits per heavy atom. The summed E-state index contributed by atoms with van der Waals surface area (Å²) >= 11 is 2.01. The summed E-state index contributed by atoms with van der Waals surface area (Å²) < 4.78 is 5.20. The second kappa shape index (κ2) is 9.37. The van der Waals surface area contributed by atoms with Crippen LogP contribution in [0.2, 0.25) is 0 Å². The largest absolute Gasteiger partial charge is 0.497 e. The topological polar surface area (TPSA) is 21.3 Å². The highest BCUT2D eigenvalue weighted by molar-refractivity contribution is 7.99. The third kappa shape index (κ3) is 6.59. The molecule has 0 atom stereocenters. The van der Waals surface area contributed by atoms with E-state index in [9.17, 15) is 0 Å². The highest BCUT2D eigenvalue weighted by atomic mass is 32.2. The van der Waals surface area contributed by atoms with Gasteiger partial charge in [-0.25, -0.2) is 0 Å². The lowest BCUT2D eigenvalue weighted by molar-refractivity contribution is 0.414. The number of ether oxygens (including phenoxy) is 1. The molecule has 0 amide bonds. The number of benzene rings is 1. The second-order valence-electron chi connectivity index (χ2n) is 3.90. The number of hydrogen-bond donors (Lipinski definition) is 1. The molecule has 0 bridgehead atoms. The smallest absolute Gasteiger partial charge is 0.119 e. The van der Waals surface area contributed by atoms with Gasteiger partial charge in [0, 0.05) is 0 Å². The summed E-state index contributed by atoms with van der Waals surface area (Å²) in [5.41, 5.74) is 1.33. The van der Waals surface area contributed by atoms with Crippen molar-refractivity contribution in [3.63, 3.8) is 0 Å². The molecule has 0 radical (unpaired) electrons. The van der Waals surface area contributed by atoms with E-state index in [-0.39, 0.29) is 0 Å². The van der Waals surface area contributed by atoms with Crippen LogP contribution in [0.5, 0.6) is 5.75 Å². The third-order valence-electron chi connectivity index (χ3n) is 2.57. The van der Waals surface area contributed by atoms with Crippen LogP contribution in [0.3, 0.4) is 0 Å². The van der Waals surface area contributed by atoms with Crippen molar-refractivity contribution in [3.05, 3.63) is 29.8 Å². The van der Waals surface area contributed by atoms with Gasteiger partial charge in [-0.15, -0.1) is 0 Å². The van der Waals surface area contributed by atoms with Crippen LogP contribution in [0, 0.1) is 0 Å². The molecular formula is C14H23NOS. The van der Waals surface area contributed by atoms with E-state index in [1.165, 1.54) is 23.5 Å². The number of thioether (sulfide) groups is 1. The summed E-state index contributed by atoms with van der Waals surface area (Å²) in [5, 5.41) is 3.48. The van der Waals surface area contributed by atoms with Crippen molar-refractivity contribution in [2.75, 3.05) is 31.7 Å². The summed E-state index contributed by atoms with van der Waals surface area (Å²) in [5.74, 6) is 3.44. The molecule has 0 aliphatic heterocycles. The standard InChI is InChI=1S/C14H23NOS/c1-3-17-11-5-9-15-10-8-13-6-4-7-14(12-13)16-2/h4,6-7,12,15H,3,5,8-11H2,1-2H3. The predicted molar refractivity (Wildman–Crippen MR) is 77.2 cm³/mol. The molecule has 1 aromatic carbocycles. The Labute approximate surface area is 109 Å². The molecule has 1 N–H and O–H groups in total. The number of methoxy groups -OCH3 is 1. The fourth-order valence-electron chi connectivity index (χ4n) is 1.63. The molecule has 0 saturated heterocycles. The van der Waals surface area contributed by atoms with E-state index in [0.29, 0.717) is 0 Å². The first-order valence-electron chi connectivity index (χ1n) is 6.28. The predicted octanol–water partition coefficient (Wildman–Crippen LogP) is 2.97. The van der Waals surface area contributed by atoms with Crippen LogP contribution in [0.25, 0.3) is 0 Å². The molecule has 0 aliphatic carbocycles. The van der Waals surface area contributed by atoms with Crippen LogP contribution in [-0.2, 0) is 6.42 Å².